The SMILES string of the molecule is OC1COC(OCC(O)C2OC(O)C(O)C2O)C(O)C1O. The maximum atomic E-state index is 9.81. The Morgan fingerprint density at radius 3 is 2.19 bits per heavy atom. The summed E-state index contributed by atoms with van der Waals surface area (Å²) in [5.74, 6) is 0. The minimum Gasteiger partial charge on any atom is -0.388 e. The van der Waals surface area contributed by atoms with Gasteiger partial charge in [0.25, 0.3) is 0 Å². The molecule has 2 aliphatic heterocycles. The van der Waals surface area contributed by atoms with Gasteiger partial charge in [-0.1, -0.05) is 0 Å². The summed E-state index contributed by atoms with van der Waals surface area (Å²) < 4.78 is 14.8. The van der Waals surface area contributed by atoms with Gasteiger partial charge in [0.05, 0.1) is 13.2 Å². The zero-order valence-corrected chi connectivity index (χ0v) is 11.0. The van der Waals surface area contributed by atoms with Crippen LogP contribution < -0.4 is 0 Å². The smallest absolute Gasteiger partial charge is 0.186 e. The molecule has 9 atom stereocenters. The minimum absolute atomic E-state index is 0.251. The number of hydrogen-bond acceptors (Lipinski definition) is 10. The summed E-state index contributed by atoms with van der Waals surface area (Å²) in [7, 11) is 0. The molecule has 2 aliphatic rings. The van der Waals surface area contributed by atoms with E-state index in [9.17, 15) is 35.7 Å². The van der Waals surface area contributed by atoms with Crippen LogP contribution in [0.5, 0.6) is 0 Å². The molecule has 0 aromatic carbocycles. The van der Waals surface area contributed by atoms with Crippen molar-refractivity contribution in [3.05, 3.63) is 0 Å². The molecule has 0 aromatic heterocycles. The topological polar surface area (TPSA) is 169 Å². The van der Waals surface area contributed by atoms with Crippen LogP contribution in [-0.2, 0) is 14.2 Å². The van der Waals surface area contributed by atoms with Crippen molar-refractivity contribution in [3.8, 4) is 0 Å². The number of rotatable bonds is 4. The Morgan fingerprint density at radius 2 is 1.62 bits per heavy atom. The first kappa shape index (κ1) is 17.0. The van der Waals surface area contributed by atoms with Crippen LogP contribution in [-0.4, -0.2) is 104 Å². The summed E-state index contributed by atoms with van der Waals surface area (Å²) in [6.45, 7) is -0.704. The Labute approximate surface area is 119 Å². The van der Waals surface area contributed by atoms with Crippen LogP contribution >= 0.6 is 0 Å². The second kappa shape index (κ2) is 6.79. The molecule has 0 spiro atoms. The van der Waals surface area contributed by atoms with Crippen LogP contribution in [0.2, 0.25) is 0 Å². The van der Waals surface area contributed by atoms with Gasteiger partial charge in [-0.3, -0.25) is 0 Å². The van der Waals surface area contributed by atoms with Gasteiger partial charge >= 0.3 is 0 Å². The molecule has 9 unspecified atom stereocenters. The molecule has 21 heavy (non-hydrogen) atoms. The van der Waals surface area contributed by atoms with Crippen LogP contribution in [0.4, 0.5) is 0 Å². The van der Waals surface area contributed by atoms with Gasteiger partial charge in [-0.25, -0.2) is 0 Å². The number of hydrogen-bond donors (Lipinski definition) is 7. The highest BCUT2D eigenvalue weighted by Gasteiger charge is 2.46. The molecule has 10 nitrogen and oxygen atoms in total. The fourth-order valence-corrected chi connectivity index (χ4v) is 2.22. The molecule has 2 saturated heterocycles. The molecule has 2 rings (SSSR count). The zero-order chi connectivity index (χ0) is 15.7. The summed E-state index contributed by atoms with van der Waals surface area (Å²) in [5.41, 5.74) is 0. The normalized spacial score (nSPS) is 49.3. The van der Waals surface area contributed by atoms with E-state index in [4.69, 9.17) is 14.2 Å². The zero-order valence-electron chi connectivity index (χ0n) is 11.0. The molecule has 7 N–H and O–H groups in total. The average molecular weight is 312 g/mol. The van der Waals surface area contributed by atoms with E-state index < -0.39 is 61.9 Å². The average Bonchev–Trinajstić information content (AvgIpc) is 2.71. The molecule has 0 radical (unpaired) electrons. The first-order valence-corrected chi connectivity index (χ1v) is 6.48. The molecule has 0 saturated carbocycles. The highest BCUT2D eigenvalue weighted by molar-refractivity contribution is 4.90. The third-order valence-corrected chi connectivity index (χ3v) is 3.54. The van der Waals surface area contributed by atoms with Crippen LogP contribution in [0.1, 0.15) is 0 Å². The highest BCUT2D eigenvalue weighted by Crippen LogP contribution is 2.23. The van der Waals surface area contributed by atoms with Crippen molar-refractivity contribution in [2.45, 2.75) is 55.3 Å². The lowest BCUT2D eigenvalue weighted by atomic mass is 10.1. The molecular weight excluding hydrogens is 292 g/mol. The van der Waals surface area contributed by atoms with Crippen LogP contribution in [0.3, 0.4) is 0 Å². The van der Waals surface area contributed by atoms with E-state index in [-0.39, 0.29) is 6.61 Å². The molecular formula is C11H20O10. The Balaban J connectivity index is 1.83. The summed E-state index contributed by atoms with van der Waals surface area (Å²) in [5, 5.41) is 66.2. The highest BCUT2D eigenvalue weighted by atomic mass is 16.7. The monoisotopic (exact) mass is 312 g/mol. The summed E-state index contributed by atoms with van der Waals surface area (Å²) >= 11 is 0. The standard InChI is InChI=1S/C11H20O10/c12-3-1-19-11(8(17)5(3)14)20-2-4(13)9-6(15)7(16)10(18)21-9/h3-18H,1-2H2. The lowest BCUT2D eigenvalue weighted by molar-refractivity contribution is -0.278. The van der Waals surface area contributed by atoms with Crippen molar-refractivity contribution >= 4 is 0 Å². The van der Waals surface area contributed by atoms with E-state index in [1.807, 2.05) is 0 Å². The maximum absolute atomic E-state index is 9.81. The largest absolute Gasteiger partial charge is 0.388 e. The van der Waals surface area contributed by atoms with Crippen LogP contribution in [0.15, 0.2) is 0 Å². The lowest BCUT2D eigenvalue weighted by Gasteiger charge is -2.35. The minimum atomic E-state index is -1.62. The predicted octanol–water partition coefficient (Wildman–Crippen LogP) is -4.76. The van der Waals surface area contributed by atoms with Gasteiger partial charge in [0.2, 0.25) is 0 Å². The van der Waals surface area contributed by atoms with Crippen molar-refractivity contribution in [1.82, 2.24) is 0 Å². The number of aliphatic hydroxyl groups is 7. The maximum Gasteiger partial charge on any atom is 0.186 e. The lowest BCUT2D eigenvalue weighted by Crippen LogP contribution is -2.54. The van der Waals surface area contributed by atoms with Crippen LogP contribution in [0, 0.1) is 0 Å². The van der Waals surface area contributed by atoms with E-state index in [2.05, 4.69) is 0 Å². The van der Waals surface area contributed by atoms with Crippen molar-refractivity contribution < 1.29 is 50.0 Å². The number of ether oxygens (including phenoxy) is 3. The van der Waals surface area contributed by atoms with E-state index in [1.165, 1.54) is 0 Å². The summed E-state index contributed by atoms with van der Waals surface area (Å²) in [6.07, 6.45) is -12.8. The Hall–Kier alpha value is -0.400. The first-order valence-electron chi connectivity index (χ1n) is 6.48. The summed E-state index contributed by atoms with van der Waals surface area (Å²) in [6, 6.07) is 0. The van der Waals surface area contributed by atoms with Gasteiger partial charge in [-0.15, -0.1) is 0 Å². The van der Waals surface area contributed by atoms with Gasteiger partial charge < -0.3 is 50.0 Å². The van der Waals surface area contributed by atoms with Crippen molar-refractivity contribution in [2.24, 2.45) is 0 Å². The molecule has 2 fully saturated rings. The van der Waals surface area contributed by atoms with E-state index in [1.54, 1.807) is 0 Å². The first-order chi connectivity index (χ1) is 9.82. The molecule has 0 aromatic rings. The quantitative estimate of drug-likeness (QED) is 0.267. The van der Waals surface area contributed by atoms with Gasteiger partial charge in [0.15, 0.2) is 12.6 Å². The van der Waals surface area contributed by atoms with Gasteiger partial charge in [0, 0.05) is 0 Å². The number of aliphatic hydroxyl groups excluding tert-OH is 7. The van der Waals surface area contributed by atoms with E-state index in [0.29, 0.717) is 0 Å². The molecule has 124 valence electrons. The molecule has 0 bridgehead atoms. The van der Waals surface area contributed by atoms with Gasteiger partial charge in [-0.05, 0) is 0 Å². The fraction of sp³-hybridized carbons (Fsp3) is 1.00. The van der Waals surface area contributed by atoms with Crippen LogP contribution in [0.25, 0.3) is 0 Å². The van der Waals surface area contributed by atoms with Crippen molar-refractivity contribution in [2.75, 3.05) is 13.2 Å². The Bertz CT molecular complexity index is 341. The molecule has 2 heterocycles. The summed E-state index contributed by atoms with van der Waals surface area (Å²) in [4.78, 5) is 0. The third-order valence-electron chi connectivity index (χ3n) is 3.54. The van der Waals surface area contributed by atoms with Gasteiger partial charge in [-0.2, -0.15) is 0 Å². The van der Waals surface area contributed by atoms with E-state index >= 15 is 0 Å². The second-order valence-electron chi connectivity index (χ2n) is 5.12. The third kappa shape index (κ3) is 3.51. The Kier molecular flexibility index (Phi) is 5.48. The van der Waals surface area contributed by atoms with Crippen molar-refractivity contribution in [3.63, 3.8) is 0 Å². The van der Waals surface area contributed by atoms with Crippen molar-refractivity contribution in [1.29, 1.82) is 0 Å². The second-order valence-corrected chi connectivity index (χ2v) is 5.12. The molecule has 0 aliphatic carbocycles. The molecule has 10 heteroatoms. The molecule has 0 amide bonds. The van der Waals surface area contributed by atoms with E-state index in [0.717, 1.165) is 0 Å². The predicted molar refractivity (Wildman–Crippen MR) is 62.6 cm³/mol. The fourth-order valence-electron chi connectivity index (χ4n) is 2.22. The van der Waals surface area contributed by atoms with Gasteiger partial charge in [0.1, 0.15) is 42.7 Å². The Morgan fingerprint density at radius 1 is 0.952 bits per heavy atom.